The molecule has 3 aromatic heterocycles. The number of rotatable bonds is 3. The fourth-order valence-electron chi connectivity index (χ4n) is 3.89. The van der Waals surface area contributed by atoms with Crippen LogP contribution in [-0.4, -0.2) is 47.5 Å². The average Bonchev–Trinajstić information content (AvgIpc) is 3.22. The van der Waals surface area contributed by atoms with E-state index in [-0.39, 0.29) is 6.61 Å². The molecule has 1 aliphatic rings. The lowest BCUT2D eigenvalue weighted by atomic mass is 10.2. The molecular weight excluding hydrogens is 390 g/mol. The second-order valence-electron chi connectivity index (χ2n) is 7.08. The van der Waals surface area contributed by atoms with Crippen LogP contribution in [0.1, 0.15) is 11.6 Å². The van der Waals surface area contributed by atoms with Crippen molar-refractivity contribution in [3.05, 3.63) is 53.2 Å². The Labute approximate surface area is 172 Å². The van der Waals surface area contributed by atoms with Crippen molar-refractivity contribution >= 4 is 28.5 Å². The molecular formula is C20H20ClN7O. The Morgan fingerprint density at radius 1 is 1.14 bits per heavy atom. The maximum absolute atomic E-state index is 9.46. The number of fused-ring (bicyclic) bond motifs is 2. The quantitative estimate of drug-likeness (QED) is 0.559. The highest BCUT2D eigenvalue weighted by molar-refractivity contribution is 6.33. The molecule has 0 fully saturated rings. The number of aryl methyl sites for hydroxylation is 1. The van der Waals surface area contributed by atoms with Crippen LogP contribution in [0.25, 0.3) is 22.4 Å². The molecule has 5 rings (SSSR count). The summed E-state index contributed by atoms with van der Waals surface area (Å²) >= 11 is 6.51. The summed E-state index contributed by atoms with van der Waals surface area (Å²) in [5.41, 5.74) is 2.85. The number of hydrogen-bond acceptors (Lipinski definition) is 6. The van der Waals surface area contributed by atoms with E-state index in [9.17, 15) is 5.11 Å². The lowest BCUT2D eigenvalue weighted by Gasteiger charge is -2.22. The highest BCUT2D eigenvalue weighted by Gasteiger charge is 2.21. The first-order valence-electron chi connectivity index (χ1n) is 9.50. The van der Waals surface area contributed by atoms with Crippen LogP contribution in [0, 0.1) is 0 Å². The van der Waals surface area contributed by atoms with Gasteiger partial charge in [-0.2, -0.15) is 0 Å². The zero-order valence-electron chi connectivity index (χ0n) is 16.0. The lowest BCUT2D eigenvalue weighted by molar-refractivity contribution is 0.264. The topological polar surface area (TPSA) is 84.9 Å². The van der Waals surface area contributed by atoms with Gasteiger partial charge in [-0.1, -0.05) is 23.7 Å². The van der Waals surface area contributed by atoms with E-state index in [4.69, 9.17) is 16.6 Å². The molecule has 8 nitrogen and oxygen atoms in total. The molecule has 0 saturated carbocycles. The Kier molecular flexibility index (Phi) is 4.44. The molecule has 29 heavy (non-hydrogen) atoms. The number of para-hydroxylation sites is 2. The summed E-state index contributed by atoms with van der Waals surface area (Å²) in [6, 6.07) is 10.0. The van der Waals surface area contributed by atoms with Crippen LogP contribution in [0.5, 0.6) is 0 Å². The molecule has 4 heterocycles. The molecule has 1 aliphatic heterocycles. The van der Waals surface area contributed by atoms with Gasteiger partial charge in [-0.15, -0.1) is 10.2 Å². The van der Waals surface area contributed by atoms with E-state index in [0.717, 1.165) is 53.6 Å². The first-order valence-corrected chi connectivity index (χ1v) is 9.87. The van der Waals surface area contributed by atoms with Gasteiger partial charge in [0, 0.05) is 44.9 Å². The smallest absolute Gasteiger partial charge is 0.158 e. The Morgan fingerprint density at radius 2 is 2.00 bits per heavy atom. The van der Waals surface area contributed by atoms with Gasteiger partial charge in [0.15, 0.2) is 5.82 Å². The van der Waals surface area contributed by atoms with Gasteiger partial charge in [-0.05, 0) is 18.2 Å². The monoisotopic (exact) mass is 409 g/mol. The highest BCUT2D eigenvalue weighted by atomic mass is 35.5. The molecule has 9 heteroatoms. The summed E-state index contributed by atoms with van der Waals surface area (Å²) in [5.74, 6) is 3.16. The van der Waals surface area contributed by atoms with Gasteiger partial charge >= 0.3 is 0 Å². The summed E-state index contributed by atoms with van der Waals surface area (Å²) in [5, 5.41) is 18.3. The van der Waals surface area contributed by atoms with Gasteiger partial charge < -0.3 is 19.1 Å². The van der Waals surface area contributed by atoms with Gasteiger partial charge in [-0.25, -0.2) is 9.97 Å². The SMILES string of the molecule is Cn1c(-c2cc(N3CCc4nnc(CO)n4CC3)ncc2Cl)nc2ccccc21. The molecule has 1 aromatic carbocycles. The molecule has 0 aliphatic carbocycles. The summed E-state index contributed by atoms with van der Waals surface area (Å²) < 4.78 is 4.04. The van der Waals surface area contributed by atoms with Crippen LogP contribution in [-0.2, 0) is 26.6 Å². The van der Waals surface area contributed by atoms with Crippen molar-refractivity contribution in [3.8, 4) is 11.4 Å². The van der Waals surface area contributed by atoms with Crippen LogP contribution in [0.2, 0.25) is 5.02 Å². The molecule has 0 unspecified atom stereocenters. The van der Waals surface area contributed by atoms with Crippen LogP contribution in [0.15, 0.2) is 36.5 Å². The molecule has 0 saturated heterocycles. The van der Waals surface area contributed by atoms with Gasteiger partial charge in [0.1, 0.15) is 24.1 Å². The van der Waals surface area contributed by atoms with Crippen LogP contribution in [0.4, 0.5) is 5.82 Å². The van der Waals surface area contributed by atoms with Crippen LogP contribution < -0.4 is 4.90 Å². The number of aliphatic hydroxyl groups is 1. The predicted octanol–water partition coefficient (Wildman–Crippen LogP) is 2.44. The van der Waals surface area contributed by atoms with E-state index >= 15 is 0 Å². The molecule has 148 valence electrons. The van der Waals surface area contributed by atoms with Crippen LogP contribution >= 0.6 is 11.6 Å². The minimum atomic E-state index is -0.108. The first-order chi connectivity index (χ1) is 14.2. The Balaban J connectivity index is 1.50. The van der Waals surface area contributed by atoms with Crippen molar-refractivity contribution in [2.24, 2.45) is 7.05 Å². The third kappa shape index (κ3) is 3.04. The molecule has 0 amide bonds. The van der Waals surface area contributed by atoms with E-state index in [1.165, 1.54) is 0 Å². The summed E-state index contributed by atoms with van der Waals surface area (Å²) in [7, 11) is 2.00. The van der Waals surface area contributed by atoms with Crippen LogP contribution in [0.3, 0.4) is 0 Å². The fourth-order valence-corrected chi connectivity index (χ4v) is 4.08. The van der Waals surface area contributed by atoms with Crippen molar-refractivity contribution in [2.75, 3.05) is 18.0 Å². The summed E-state index contributed by atoms with van der Waals surface area (Å²) in [4.78, 5) is 11.5. The van der Waals surface area contributed by atoms with Crippen molar-refractivity contribution in [1.82, 2.24) is 29.3 Å². The molecule has 4 aromatic rings. The highest BCUT2D eigenvalue weighted by Crippen LogP contribution is 2.32. The van der Waals surface area contributed by atoms with Gasteiger partial charge in [-0.3, -0.25) is 0 Å². The number of anilines is 1. The van der Waals surface area contributed by atoms with Crippen molar-refractivity contribution < 1.29 is 5.11 Å². The maximum Gasteiger partial charge on any atom is 0.158 e. The Hall–Kier alpha value is -2.97. The Bertz CT molecular complexity index is 1200. The number of nitrogens with zero attached hydrogens (tertiary/aromatic N) is 7. The van der Waals surface area contributed by atoms with Crippen molar-refractivity contribution in [1.29, 1.82) is 0 Å². The zero-order valence-corrected chi connectivity index (χ0v) is 16.7. The third-order valence-corrected chi connectivity index (χ3v) is 5.74. The third-order valence-electron chi connectivity index (χ3n) is 5.44. The van der Waals surface area contributed by atoms with E-state index in [0.29, 0.717) is 17.4 Å². The number of aromatic nitrogens is 6. The number of aliphatic hydroxyl groups excluding tert-OH is 1. The predicted molar refractivity (Wildman–Crippen MR) is 111 cm³/mol. The number of pyridine rings is 1. The maximum atomic E-state index is 9.46. The number of benzene rings is 1. The zero-order chi connectivity index (χ0) is 20.0. The largest absolute Gasteiger partial charge is 0.388 e. The second kappa shape index (κ2) is 7.13. The minimum absolute atomic E-state index is 0.108. The molecule has 0 bridgehead atoms. The Morgan fingerprint density at radius 3 is 2.83 bits per heavy atom. The first kappa shape index (κ1) is 18.1. The van der Waals surface area contributed by atoms with E-state index < -0.39 is 0 Å². The van der Waals surface area contributed by atoms with E-state index in [2.05, 4.69) is 24.6 Å². The molecule has 0 atom stereocenters. The normalized spacial score (nSPS) is 14.2. The summed E-state index contributed by atoms with van der Waals surface area (Å²) in [6.45, 7) is 2.10. The second-order valence-corrected chi connectivity index (χ2v) is 7.49. The van der Waals surface area contributed by atoms with Gasteiger partial charge in [0.25, 0.3) is 0 Å². The van der Waals surface area contributed by atoms with E-state index in [1.807, 2.05) is 41.9 Å². The molecule has 0 radical (unpaired) electrons. The van der Waals surface area contributed by atoms with Gasteiger partial charge in [0.05, 0.1) is 16.1 Å². The van der Waals surface area contributed by atoms with E-state index in [1.54, 1.807) is 6.20 Å². The van der Waals surface area contributed by atoms with Gasteiger partial charge in [0.2, 0.25) is 0 Å². The summed E-state index contributed by atoms with van der Waals surface area (Å²) in [6.07, 6.45) is 2.43. The number of halogens is 1. The fraction of sp³-hybridized carbons (Fsp3) is 0.300. The van der Waals surface area contributed by atoms with Crippen molar-refractivity contribution in [3.63, 3.8) is 0 Å². The number of imidazole rings is 1. The average molecular weight is 410 g/mol. The van der Waals surface area contributed by atoms with Crippen molar-refractivity contribution in [2.45, 2.75) is 19.6 Å². The molecule has 0 spiro atoms. The molecule has 1 N–H and O–H groups in total. The lowest BCUT2D eigenvalue weighted by Crippen LogP contribution is -2.27. The standard InChI is InChI=1S/C20H20ClN7O/c1-26-16-5-3-2-4-15(16)23-20(26)13-10-18(22-11-14(13)21)27-7-6-17-24-25-19(12-29)28(17)9-8-27/h2-5,10-11,29H,6-9,12H2,1H3. The number of hydrogen-bond donors (Lipinski definition) is 1. The minimum Gasteiger partial charge on any atom is -0.388 e.